The Morgan fingerprint density at radius 1 is 1.24 bits per heavy atom. The number of hydrogen-bond donors (Lipinski definition) is 1. The molecule has 0 aliphatic heterocycles. The summed E-state index contributed by atoms with van der Waals surface area (Å²) in [7, 11) is 0. The van der Waals surface area contributed by atoms with E-state index in [9.17, 15) is 5.11 Å². The zero-order chi connectivity index (χ0) is 12.6. The Morgan fingerprint density at radius 2 is 1.94 bits per heavy atom. The van der Waals surface area contributed by atoms with Gasteiger partial charge < -0.3 is 5.11 Å². The van der Waals surface area contributed by atoms with Gasteiger partial charge in [-0.2, -0.15) is 0 Å². The van der Waals surface area contributed by atoms with Crippen LogP contribution in [0.1, 0.15) is 32.5 Å². The van der Waals surface area contributed by atoms with Crippen LogP contribution in [0.5, 0.6) is 0 Å². The van der Waals surface area contributed by atoms with E-state index in [1.54, 1.807) is 11.3 Å². The summed E-state index contributed by atoms with van der Waals surface area (Å²) in [6.45, 7) is 6.18. The molecule has 1 heterocycles. The van der Waals surface area contributed by atoms with Crippen LogP contribution in [-0.4, -0.2) is 5.11 Å². The fraction of sp³-hybridized carbons (Fsp3) is 0.286. The number of thiophene rings is 1. The van der Waals surface area contributed by atoms with Crippen LogP contribution in [0.25, 0.3) is 0 Å². The molecule has 0 radical (unpaired) electrons. The molecule has 0 amide bonds. The molecule has 17 heavy (non-hydrogen) atoms. The molecule has 1 unspecified atom stereocenters. The molecule has 1 nitrogen and oxygen atoms in total. The van der Waals surface area contributed by atoms with Crippen LogP contribution in [0.15, 0.2) is 28.7 Å². The quantitative estimate of drug-likeness (QED) is 0.864. The van der Waals surface area contributed by atoms with Gasteiger partial charge in [0.05, 0.1) is 4.88 Å². The minimum absolute atomic E-state index is 0.539. The number of halogens is 1. The molecule has 1 aromatic carbocycles. The van der Waals surface area contributed by atoms with E-state index >= 15 is 0 Å². The van der Waals surface area contributed by atoms with Crippen molar-refractivity contribution in [3.63, 3.8) is 0 Å². The summed E-state index contributed by atoms with van der Waals surface area (Å²) in [4.78, 5) is 2.19. The lowest BCUT2D eigenvalue weighted by atomic mass is 9.98. The molecule has 1 aromatic heterocycles. The molecule has 0 spiro atoms. The van der Waals surface area contributed by atoms with E-state index in [1.807, 2.05) is 18.2 Å². The predicted octanol–water partition coefficient (Wildman–Crippen LogP) is 4.52. The minimum Gasteiger partial charge on any atom is -0.383 e. The number of aryl methyl sites for hydroxylation is 2. The van der Waals surface area contributed by atoms with E-state index in [0.29, 0.717) is 0 Å². The fourth-order valence-corrected chi connectivity index (χ4v) is 3.77. The van der Waals surface area contributed by atoms with Gasteiger partial charge in [0.15, 0.2) is 0 Å². The molecule has 3 heteroatoms. The Morgan fingerprint density at radius 3 is 2.53 bits per heavy atom. The van der Waals surface area contributed by atoms with E-state index in [0.717, 1.165) is 20.5 Å². The summed E-state index contributed by atoms with van der Waals surface area (Å²) >= 11 is 5.14. The van der Waals surface area contributed by atoms with Gasteiger partial charge >= 0.3 is 0 Å². The minimum atomic E-state index is -0.539. The highest BCUT2D eigenvalue weighted by molar-refractivity contribution is 9.10. The first-order valence-electron chi connectivity index (χ1n) is 5.50. The molecule has 0 saturated carbocycles. The van der Waals surface area contributed by atoms with Gasteiger partial charge in [0.25, 0.3) is 0 Å². The summed E-state index contributed by atoms with van der Waals surface area (Å²) in [6, 6.07) is 8.11. The van der Waals surface area contributed by atoms with Gasteiger partial charge in [-0.1, -0.05) is 18.2 Å². The van der Waals surface area contributed by atoms with Crippen molar-refractivity contribution in [3.05, 3.63) is 55.2 Å². The van der Waals surface area contributed by atoms with E-state index in [1.165, 1.54) is 10.4 Å². The molecule has 2 rings (SSSR count). The smallest absolute Gasteiger partial charge is 0.115 e. The molecule has 0 bridgehead atoms. The van der Waals surface area contributed by atoms with Crippen molar-refractivity contribution in [2.75, 3.05) is 0 Å². The number of hydrogen-bond acceptors (Lipinski definition) is 2. The number of benzene rings is 1. The first-order valence-corrected chi connectivity index (χ1v) is 7.11. The summed E-state index contributed by atoms with van der Waals surface area (Å²) in [6.07, 6.45) is -0.539. The SMILES string of the molecule is Cc1cc(Br)c(C(O)c2cccc(C)c2C)s1. The van der Waals surface area contributed by atoms with Crippen LogP contribution in [-0.2, 0) is 0 Å². The van der Waals surface area contributed by atoms with Gasteiger partial charge in [0.1, 0.15) is 6.10 Å². The molecule has 2 aromatic rings. The highest BCUT2D eigenvalue weighted by atomic mass is 79.9. The third-order valence-corrected chi connectivity index (χ3v) is 5.05. The van der Waals surface area contributed by atoms with E-state index in [-0.39, 0.29) is 0 Å². The van der Waals surface area contributed by atoms with E-state index in [2.05, 4.69) is 42.8 Å². The maximum absolute atomic E-state index is 10.5. The second kappa shape index (κ2) is 4.92. The summed E-state index contributed by atoms with van der Waals surface area (Å²) < 4.78 is 0.994. The lowest BCUT2D eigenvalue weighted by molar-refractivity contribution is 0.222. The van der Waals surface area contributed by atoms with Crippen molar-refractivity contribution >= 4 is 27.3 Å². The second-order valence-corrected chi connectivity index (χ2v) is 6.40. The fourth-order valence-electron chi connectivity index (χ4n) is 1.90. The first kappa shape index (κ1) is 12.8. The lowest BCUT2D eigenvalue weighted by Gasteiger charge is -2.14. The Balaban J connectivity index is 2.47. The van der Waals surface area contributed by atoms with Crippen molar-refractivity contribution in [2.24, 2.45) is 0 Å². The van der Waals surface area contributed by atoms with Gasteiger partial charge in [0.2, 0.25) is 0 Å². The average molecular weight is 311 g/mol. The molecule has 90 valence electrons. The van der Waals surface area contributed by atoms with Crippen LogP contribution in [0, 0.1) is 20.8 Å². The molecule has 0 aliphatic carbocycles. The standard InChI is InChI=1S/C14H15BrOS/c1-8-5-4-6-11(10(8)3)13(16)14-12(15)7-9(2)17-14/h4-7,13,16H,1-3H3. The van der Waals surface area contributed by atoms with Crippen molar-refractivity contribution in [1.82, 2.24) is 0 Å². The Kier molecular flexibility index (Phi) is 3.71. The third kappa shape index (κ3) is 2.46. The molecule has 0 saturated heterocycles. The summed E-state index contributed by atoms with van der Waals surface area (Å²) in [5.74, 6) is 0. The zero-order valence-corrected chi connectivity index (χ0v) is 12.5. The maximum Gasteiger partial charge on any atom is 0.115 e. The van der Waals surface area contributed by atoms with Gasteiger partial charge in [-0.15, -0.1) is 11.3 Å². The van der Waals surface area contributed by atoms with Crippen LogP contribution in [0.2, 0.25) is 0 Å². The largest absolute Gasteiger partial charge is 0.383 e. The third-order valence-electron chi connectivity index (χ3n) is 3.03. The van der Waals surface area contributed by atoms with Crippen LogP contribution in [0.3, 0.4) is 0 Å². The highest BCUT2D eigenvalue weighted by Gasteiger charge is 2.18. The van der Waals surface area contributed by atoms with Crippen LogP contribution < -0.4 is 0 Å². The van der Waals surface area contributed by atoms with Crippen LogP contribution in [0.4, 0.5) is 0 Å². The van der Waals surface area contributed by atoms with Crippen molar-refractivity contribution in [3.8, 4) is 0 Å². The normalized spacial score (nSPS) is 12.8. The van der Waals surface area contributed by atoms with Crippen molar-refractivity contribution in [2.45, 2.75) is 26.9 Å². The monoisotopic (exact) mass is 310 g/mol. The molecular formula is C14H15BrOS. The predicted molar refractivity (Wildman–Crippen MR) is 76.7 cm³/mol. The average Bonchev–Trinajstić information content (AvgIpc) is 2.61. The lowest BCUT2D eigenvalue weighted by Crippen LogP contribution is -2.01. The maximum atomic E-state index is 10.5. The molecular weight excluding hydrogens is 296 g/mol. The number of aliphatic hydroxyl groups excluding tert-OH is 1. The second-order valence-electron chi connectivity index (χ2n) is 4.26. The zero-order valence-electron chi connectivity index (χ0n) is 10.1. The molecule has 1 N–H and O–H groups in total. The first-order chi connectivity index (χ1) is 8.00. The van der Waals surface area contributed by atoms with E-state index < -0.39 is 6.10 Å². The highest BCUT2D eigenvalue weighted by Crippen LogP contribution is 2.36. The number of rotatable bonds is 2. The van der Waals surface area contributed by atoms with Crippen molar-refractivity contribution in [1.29, 1.82) is 0 Å². The Bertz CT molecular complexity index is 545. The van der Waals surface area contributed by atoms with Gasteiger partial charge in [-0.05, 0) is 59.5 Å². The van der Waals surface area contributed by atoms with Gasteiger partial charge in [0, 0.05) is 9.35 Å². The van der Waals surface area contributed by atoms with Gasteiger partial charge in [-0.25, -0.2) is 0 Å². The van der Waals surface area contributed by atoms with Gasteiger partial charge in [-0.3, -0.25) is 0 Å². The number of aliphatic hydroxyl groups is 1. The Hall–Kier alpha value is -0.640. The molecule has 1 atom stereocenters. The van der Waals surface area contributed by atoms with Crippen LogP contribution >= 0.6 is 27.3 Å². The Labute approximate surface area is 114 Å². The molecule has 0 fully saturated rings. The van der Waals surface area contributed by atoms with E-state index in [4.69, 9.17) is 0 Å². The summed E-state index contributed by atoms with van der Waals surface area (Å²) in [5.41, 5.74) is 3.37. The van der Waals surface area contributed by atoms with Crippen molar-refractivity contribution < 1.29 is 5.11 Å². The summed E-state index contributed by atoms with van der Waals surface area (Å²) in [5, 5.41) is 10.5. The topological polar surface area (TPSA) is 20.2 Å². The molecule has 0 aliphatic rings.